The summed E-state index contributed by atoms with van der Waals surface area (Å²) >= 11 is 0. The zero-order chi connectivity index (χ0) is 21.6. The van der Waals surface area contributed by atoms with Crippen molar-refractivity contribution < 1.29 is 4.74 Å². The van der Waals surface area contributed by atoms with Crippen LogP contribution in [0.5, 0.6) is 0 Å². The molecular weight excluding hydrogens is 392 g/mol. The van der Waals surface area contributed by atoms with Crippen molar-refractivity contribution in [3.63, 3.8) is 0 Å². The van der Waals surface area contributed by atoms with Gasteiger partial charge in [0, 0.05) is 32.4 Å². The van der Waals surface area contributed by atoms with Gasteiger partial charge in [-0.25, -0.2) is 9.97 Å². The van der Waals surface area contributed by atoms with Crippen LogP contribution in [0.3, 0.4) is 0 Å². The fourth-order valence-corrected chi connectivity index (χ4v) is 3.77. The smallest absolute Gasteiger partial charge is 0.228 e. The Balaban J connectivity index is 1.83. The Morgan fingerprint density at radius 1 is 1.19 bits per heavy atom. The van der Waals surface area contributed by atoms with E-state index in [4.69, 9.17) is 19.8 Å². The minimum Gasteiger partial charge on any atom is -0.380 e. The second kappa shape index (κ2) is 10.0. The van der Waals surface area contributed by atoms with Gasteiger partial charge in [-0.2, -0.15) is 10.1 Å². The van der Waals surface area contributed by atoms with E-state index in [0.29, 0.717) is 19.8 Å². The van der Waals surface area contributed by atoms with Crippen LogP contribution in [0.25, 0.3) is 11.0 Å². The Hall–Kier alpha value is -2.78. The first kappa shape index (κ1) is 21.5. The minimum absolute atomic E-state index is 0.243. The maximum atomic E-state index is 5.60. The molecule has 1 saturated heterocycles. The molecule has 2 N–H and O–H groups in total. The van der Waals surface area contributed by atoms with Crippen molar-refractivity contribution in [3.05, 3.63) is 30.1 Å². The summed E-state index contributed by atoms with van der Waals surface area (Å²) in [5.74, 6) is 2.45. The Labute approximate surface area is 183 Å². The first-order chi connectivity index (χ1) is 15.2. The van der Waals surface area contributed by atoms with Gasteiger partial charge >= 0.3 is 0 Å². The lowest BCUT2D eigenvalue weighted by Gasteiger charge is -2.21. The van der Waals surface area contributed by atoms with E-state index in [9.17, 15) is 0 Å². The predicted octanol–water partition coefficient (Wildman–Crippen LogP) is 2.92. The summed E-state index contributed by atoms with van der Waals surface area (Å²) < 4.78 is 7.57. The first-order valence-electron chi connectivity index (χ1n) is 11.2. The molecule has 1 fully saturated rings. The molecule has 4 heterocycles. The highest BCUT2D eigenvalue weighted by Gasteiger charge is 2.23. The standard InChI is InChI=1S/C22H32N8O/c1-4-31-15-14-30-20-19(18(28-30)16(2)3)26-22(29-12-7-9-23-11-13-29)27-21(20)25-17-8-5-6-10-24-17/h5-6,8,10,16,23H,4,7,9,11-15H2,1-3H3,(H,24,25,26,27). The summed E-state index contributed by atoms with van der Waals surface area (Å²) in [6.45, 7) is 12.0. The molecule has 0 radical (unpaired) electrons. The van der Waals surface area contributed by atoms with Crippen LogP contribution in [0, 0.1) is 0 Å². The maximum absolute atomic E-state index is 5.60. The third-order valence-corrected chi connectivity index (χ3v) is 5.33. The van der Waals surface area contributed by atoms with Gasteiger partial charge in [0.15, 0.2) is 5.82 Å². The SMILES string of the molecule is CCOCCn1nc(C(C)C)c2nc(N3CCCNCC3)nc(Nc3ccccn3)c21. The fourth-order valence-electron chi connectivity index (χ4n) is 3.77. The Morgan fingerprint density at radius 2 is 2.10 bits per heavy atom. The van der Waals surface area contributed by atoms with E-state index in [1.54, 1.807) is 6.20 Å². The first-order valence-corrected chi connectivity index (χ1v) is 11.2. The summed E-state index contributed by atoms with van der Waals surface area (Å²) in [7, 11) is 0. The Morgan fingerprint density at radius 3 is 2.87 bits per heavy atom. The molecule has 0 unspecified atom stereocenters. The van der Waals surface area contributed by atoms with E-state index >= 15 is 0 Å². The van der Waals surface area contributed by atoms with Crippen LogP contribution >= 0.6 is 0 Å². The monoisotopic (exact) mass is 424 g/mol. The molecule has 9 nitrogen and oxygen atoms in total. The molecule has 0 aromatic carbocycles. The van der Waals surface area contributed by atoms with Gasteiger partial charge in [-0.3, -0.25) is 4.68 Å². The van der Waals surface area contributed by atoms with Crippen LogP contribution in [-0.4, -0.2) is 64.1 Å². The zero-order valence-electron chi connectivity index (χ0n) is 18.6. The molecule has 0 atom stereocenters. The number of aromatic nitrogens is 5. The number of pyridine rings is 1. The molecule has 0 amide bonds. The van der Waals surface area contributed by atoms with Crippen molar-refractivity contribution >= 4 is 28.6 Å². The summed E-state index contributed by atoms with van der Waals surface area (Å²) in [5.41, 5.74) is 2.77. The van der Waals surface area contributed by atoms with Crippen molar-refractivity contribution in [3.8, 4) is 0 Å². The normalized spacial score (nSPS) is 14.9. The van der Waals surface area contributed by atoms with Gasteiger partial charge in [0.1, 0.15) is 16.9 Å². The van der Waals surface area contributed by atoms with Gasteiger partial charge in [0.05, 0.1) is 18.8 Å². The third-order valence-electron chi connectivity index (χ3n) is 5.33. The second-order valence-corrected chi connectivity index (χ2v) is 7.96. The number of fused-ring (bicyclic) bond motifs is 1. The number of anilines is 3. The lowest BCUT2D eigenvalue weighted by atomic mass is 10.1. The summed E-state index contributed by atoms with van der Waals surface area (Å²) in [4.78, 5) is 16.7. The molecule has 166 valence electrons. The molecule has 0 bridgehead atoms. The van der Waals surface area contributed by atoms with Crippen LogP contribution in [-0.2, 0) is 11.3 Å². The molecule has 0 aliphatic carbocycles. The van der Waals surface area contributed by atoms with Crippen LogP contribution < -0.4 is 15.5 Å². The highest BCUT2D eigenvalue weighted by Crippen LogP contribution is 2.31. The molecule has 3 aromatic rings. The topological polar surface area (TPSA) is 93.0 Å². The van der Waals surface area contributed by atoms with E-state index in [1.165, 1.54) is 0 Å². The lowest BCUT2D eigenvalue weighted by Crippen LogP contribution is -2.29. The highest BCUT2D eigenvalue weighted by atomic mass is 16.5. The van der Waals surface area contributed by atoms with Gasteiger partial charge < -0.3 is 20.3 Å². The highest BCUT2D eigenvalue weighted by molar-refractivity contribution is 5.90. The quantitative estimate of drug-likeness (QED) is 0.533. The van der Waals surface area contributed by atoms with Gasteiger partial charge in [-0.1, -0.05) is 19.9 Å². The minimum atomic E-state index is 0.243. The number of hydrogen-bond acceptors (Lipinski definition) is 8. The number of nitrogens with one attached hydrogen (secondary N) is 2. The third kappa shape index (κ3) is 4.94. The summed E-state index contributed by atoms with van der Waals surface area (Å²) in [5, 5.41) is 11.8. The van der Waals surface area contributed by atoms with E-state index in [-0.39, 0.29) is 5.92 Å². The van der Waals surface area contributed by atoms with Crippen LogP contribution in [0.15, 0.2) is 24.4 Å². The molecular formula is C22H32N8O. The molecule has 3 aromatic heterocycles. The van der Waals surface area contributed by atoms with Gasteiger partial charge in [-0.15, -0.1) is 0 Å². The van der Waals surface area contributed by atoms with Crippen molar-refractivity contribution in [2.24, 2.45) is 0 Å². The van der Waals surface area contributed by atoms with E-state index in [2.05, 4.69) is 34.4 Å². The molecule has 31 heavy (non-hydrogen) atoms. The molecule has 0 spiro atoms. The number of nitrogens with zero attached hydrogens (tertiary/aromatic N) is 6. The average molecular weight is 425 g/mol. The molecule has 4 rings (SSSR count). The average Bonchev–Trinajstić information content (AvgIpc) is 2.95. The van der Waals surface area contributed by atoms with Crippen molar-refractivity contribution in [2.75, 3.05) is 49.6 Å². The van der Waals surface area contributed by atoms with Crippen LogP contribution in [0.1, 0.15) is 38.8 Å². The van der Waals surface area contributed by atoms with E-state index < -0.39 is 0 Å². The van der Waals surface area contributed by atoms with Crippen molar-refractivity contribution in [1.29, 1.82) is 0 Å². The van der Waals surface area contributed by atoms with Crippen molar-refractivity contribution in [1.82, 2.24) is 30.0 Å². The Kier molecular flexibility index (Phi) is 6.93. The van der Waals surface area contributed by atoms with Crippen LogP contribution in [0.4, 0.5) is 17.6 Å². The maximum Gasteiger partial charge on any atom is 0.228 e. The van der Waals surface area contributed by atoms with Gasteiger partial charge in [0.25, 0.3) is 0 Å². The van der Waals surface area contributed by atoms with Gasteiger partial charge in [-0.05, 0) is 37.9 Å². The van der Waals surface area contributed by atoms with Gasteiger partial charge in [0.2, 0.25) is 5.95 Å². The Bertz CT molecular complexity index is 980. The molecule has 1 aliphatic heterocycles. The largest absolute Gasteiger partial charge is 0.380 e. The number of ether oxygens (including phenoxy) is 1. The van der Waals surface area contributed by atoms with E-state index in [0.717, 1.165) is 66.9 Å². The predicted molar refractivity (Wildman–Crippen MR) is 123 cm³/mol. The summed E-state index contributed by atoms with van der Waals surface area (Å²) in [6.07, 6.45) is 2.84. The fraction of sp³-hybridized carbons (Fsp3) is 0.545. The number of hydrogen-bond donors (Lipinski definition) is 2. The molecule has 0 saturated carbocycles. The lowest BCUT2D eigenvalue weighted by molar-refractivity contribution is 0.137. The summed E-state index contributed by atoms with van der Waals surface area (Å²) in [6, 6.07) is 5.80. The molecule has 1 aliphatic rings. The number of rotatable bonds is 8. The van der Waals surface area contributed by atoms with Crippen molar-refractivity contribution in [2.45, 2.75) is 39.7 Å². The zero-order valence-corrected chi connectivity index (χ0v) is 18.6. The van der Waals surface area contributed by atoms with E-state index in [1.807, 2.05) is 29.8 Å². The van der Waals surface area contributed by atoms with Crippen LogP contribution in [0.2, 0.25) is 0 Å². The molecule has 9 heteroatoms. The second-order valence-electron chi connectivity index (χ2n) is 7.96.